The molecule has 0 aliphatic heterocycles. The Balaban J connectivity index is 1.04. The molecule has 0 radical (unpaired) electrons. The largest absolute Gasteiger partial charge is 0.456 e. The lowest BCUT2D eigenvalue weighted by Crippen LogP contribution is -2.00. The van der Waals surface area contributed by atoms with Crippen molar-refractivity contribution in [2.75, 3.05) is 0 Å². The van der Waals surface area contributed by atoms with Gasteiger partial charge in [-0.25, -0.2) is 24.9 Å². The zero-order valence-corrected chi connectivity index (χ0v) is 30.9. The molecule has 0 unspecified atom stereocenters. The van der Waals surface area contributed by atoms with Crippen LogP contribution in [-0.2, 0) is 0 Å². The summed E-state index contributed by atoms with van der Waals surface area (Å²) in [6, 6.07) is 55.3. The van der Waals surface area contributed by atoms with Gasteiger partial charge in [0.05, 0.1) is 0 Å². The summed E-state index contributed by atoms with van der Waals surface area (Å²) < 4.78 is 14.9. The minimum Gasteiger partial charge on any atom is -0.456 e. The minimum absolute atomic E-state index is 0.623. The lowest BCUT2D eigenvalue weighted by atomic mass is 10.0. The van der Waals surface area contributed by atoms with Crippen LogP contribution in [0.25, 0.3) is 121 Å². The molecule has 0 spiro atoms. The number of benzene rings is 7. The first kappa shape index (κ1) is 31.8. The molecule has 0 fully saturated rings. The maximum atomic E-state index is 6.49. The topological polar surface area (TPSA) is 90.7 Å². The van der Waals surface area contributed by atoms with Crippen molar-refractivity contribution in [2.24, 2.45) is 0 Å². The molecule has 12 rings (SSSR count). The molecule has 0 N–H and O–H groups in total. The Morgan fingerprint density at radius 1 is 0.368 bits per heavy atom. The van der Waals surface area contributed by atoms with Gasteiger partial charge in [-0.2, -0.15) is 0 Å². The van der Waals surface area contributed by atoms with Crippen molar-refractivity contribution in [3.8, 4) is 56.8 Å². The molecule has 57 heavy (non-hydrogen) atoms. The fraction of sp³-hybridized carbons (Fsp3) is 0. The van der Waals surface area contributed by atoms with E-state index in [4.69, 9.17) is 33.8 Å². The average molecular weight is 750 g/mol. The second kappa shape index (κ2) is 12.5. The summed E-state index contributed by atoms with van der Waals surface area (Å²) in [5.41, 5.74) is 9.28. The number of hydrogen-bond acceptors (Lipinski definition) is 8. The number of para-hydroxylation sites is 2. The van der Waals surface area contributed by atoms with Gasteiger partial charge in [-0.05, 0) is 48.5 Å². The first-order valence-corrected chi connectivity index (χ1v) is 19.5. The third-order valence-corrected chi connectivity index (χ3v) is 11.7. The molecule has 5 aromatic heterocycles. The third kappa shape index (κ3) is 5.15. The molecule has 5 heterocycles. The SMILES string of the molecule is c1ccc(-c2nc(-c3ccccc3)nc(-c3cccc4sc5cc(-c6nc(-c7ccc8oc9ccccc9c8c7)c7oc8ccccc8c7n6)ccc5c34)n2)cc1. The molecule has 0 saturated heterocycles. The summed E-state index contributed by atoms with van der Waals surface area (Å²) in [4.78, 5) is 25.5. The monoisotopic (exact) mass is 749 g/mol. The molecule has 8 heteroatoms. The number of aromatic nitrogens is 5. The number of fused-ring (bicyclic) bond motifs is 9. The predicted octanol–water partition coefficient (Wildman–Crippen LogP) is 13.2. The molecule has 7 nitrogen and oxygen atoms in total. The molecule has 0 saturated carbocycles. The Kier molecular flexibility index (Phi) is 6.96. The lowest BCUT2D eigenvalue weighted by Gasteiger charge is -2.09. The van der Waals surface area contributed by atoms with E-state index in [2.05, 4.69) is 54.6 Å². The molecule has 0 atom stereocenters. The normalized spacial score (nSPS) is 11.9. The summed E-state index contributed by atoms with van der Waals surface area (Å²) in [6.45, 7) is 0. The molecule has 0 bridgehead atoms. The molecule has 266 valence electrons. The van der Waals surface area contributed by atoms with Crippen LogP contribution in [0.4, 0.5) is 0 Å². The predicted molar refractivity (Wildman–Crippen MR) is 230 cm³/mol. The standard InChI is InChI=1S/C49H27N5O2S/c1-3-12-28(13-4-1)46-52-47(29-14-5-2-6-15-29)54-49(53-46)35-18-11-21-40-42(35)34-24-22-31(27-41(34)57-40)48-50-43(45-44(51-48)33-17-8-10-20-38(33)56-45)30-23-25-39-36(26-30)32-16-7-9-19-37(32)55-39/h1-27H. The van der Waals surface area contributed by atoms with Gasteiger partial charge in [0.1, 0.15) is 28.0 Å². The summed E-state index contributed by atoms with van der Waals surface area (Å²) in [5, 5.41) is 5.25. The molecule has 0 amide bonds. The maximum Gasteiger partial charge on any atom is 0.180 e. The molecule has 7 aromatic carbocycles. The summed E-state index contributed by atoms with van der Waals surface area (Å²) >= 11 is 1.74. The average Bonchev–Trinajstić information content (AvgIpc) is 3.97. The van der Waals surface area contributed by atoms with Crippen molar-refractivity contribution in [1.82, 2.24) is 24.9 Å². The number of rotatable bonds is 5. The van der Waals surface area contributed by atoms with Gasteiger partial charge in [-0.3, -0.25) is 0 Å². The second-order valence-corrected chi connectivity index (χ2v) is 15.1. The van der Waals surface area contributed by atoms with Gasteiger partial charge in [0.2, 0.25) is 0 Å². The van der Waals surface area contributed by atoms with Crippen LogP contribution < -0.4 is 0 Å². The van der Waals surface area contributed by atoms with Crippen molar-refractivity contribution >= 4 is 75.5 Å². The highest BCUT2D eigenvalue weighted by Crippen LogP contribution is 2.43. The van der Waals surface area contributed by atoms with E-state index in [-0.39, 0.29) is 0 Å². The van der Waals surface area contributed by atoms with E-state index < -0.39 is 0 Å². The van der Waals surface area contributed by atoms with Gasteiger partial charge in [0, 0.05) is 64.1 Å². The Bertz CT molecular complexity index is 3480. The van der Waals surface area contributed by atoms with Crippen molar-refractivity contribution in [3.05, 3.63) is 164 Å². The maximum absolute atomic E-state index is 6.49. The first-order chi connectivity index (χ1) is 28.2. The van der Waals surface area contributed by atoms with Crippen LogP contribution in [0.2, 0.25) is 0 Å². The minimum atomic E-state index is 0.623. The van der Waals surface area contributed by atoms with Crippen molar-refractivity contribution in [1.29, 1.82) is 0 Å². The van der Waals surface area contributed by atoms with Gasteiger partial charge in [0.25, 0.3) is 0 Å². The fourth-order valence-corrected chi connectivity index (χ4v) is 9.04. The highest BCUT2D eigenvalue weighted by Gasteiger charge is 2.21. The van der Waals surface area contributed by atoms with E-state index in [9.17, 15) is 0 Å². The van der Waals surface area contributed by atoms with E-state index >= 15 is 0 Å². The quantitative estimate of drug-likeness (QED) is 0.173. The second-order valence-electron chi connectivity index (χ2n) is 14.0. The smallest absolute Gasteiger partial charge is 0.180 e. The summed E-state index contributed by atoms with van der Waals surface area (Å²) in [5.74, 6) is 2.52. The van der Waals surface area contributed by atoms with E-state index in [0.29, 0.717) is 28.9 Å². The number of nitrogens with zero attached hydrogens (tertiary/aromatic N) is 5. The van der Waals surface area contributed by atoms with Crippen molar-refractivity contribution < 1.29 is 8.83 Å². The Hall–Kier alpha value is -7.55. The summed E-state index contributed by atoms with van der Waals surface area (Å²) in [7, 11) is 0. The Morgan fingerprint density at radius 3 is 1.77 bits per heavy atom. The van der Waals surface area contributed by atoms with Crippen molar-refractivity contribution in [2.45, 2.75) is 0 Å². The van der Waals surface area contributed by atoms with E-state index in [0.717, 1.165) is 92.1 Å². The molecular formula is C49H27N5O2S. The van der Waals surface area contributed by atoms with Crippen LogP contribution in [0.15, 0.2) is 173 Å². The van der Waals surface area contributed by atoms with Crippen LogP contribution in [0.5, 0.6) is 0 Å². The Morgan fingerprint density at radius 2 is 1.00 bits per heavy atom. The van der Waals surface area contributed by atoms with Gasteiger partial charge >= 0.3 is 0 Å². The van der Waals surface area contributed by atoms with Gasteiger partial charge in [0.15, 0.2) is 28.9 Å². The van der Waals surface area contributed by atoms with E-state index in [1.54, 1.807) is 11.3 Å². The van der Waals surface area contributed by atoms with Crippen molar-refractivity contribution in [3.63, 3.8) is 0 Å². The molecule has 0 aliphatic rings. The Labute approximate surface area is 328 Å². The highest BCUT2D eigenvalue weighted by molar-refractivity contribution is 7.26. The van der Waals surface area contributed by atoms with Crippen LogP contribution in [0.1, 0.15) is 0 Å². The van der Waals surface area contributed by atoms with E-state index in [1.807, 2.05) is 109 Å². The first-order valence-electron chi connectivity index (χ1n) is 18.7. The molecule has 0 aliphatic carbocycles. The zero-order valence-electron chi connectivity index (χ0n) is 30.0. The van der Waals surface area contributed by atoms with Gasteiger partial charge in [-0.1, -0.05) is 115 Å². The lowest BCUT2D eigenvalue weighted by molar-refractivity contribution is 0.666. The van der Waals surface area contributed by atoms with Crippen LogP contribution in [-0.4, -0.2) is 24.9 Å². The highest BCUT2D eigenvalue weighted by atomic mass is 32.1. The van der Waals surface area contributed by atoms with Gasteiger partial charge in [-0.15, -0.1) is 11.3 Å². The fourth-order valence-electron chi connectivity index (χ4n) is 7.87. The zero-order chi connectivity index (χ0) is 37.5. The third-order valence-electron chi connectivity index (χ3n) is 10.6. The van der Waals surface area contributed by atoms with Gasteiger partial charge < -0.3 is 8.83 Å². The number of thiophene rings is 1. The van der Waals surface area contributed by atoms with Crippen LogP contribution in [0, 0.1) is 0 Å². The van der Waals surface area contributed by atoms with Crippen LogP contribution in [0.3, 0.4) is 0 Å². The molecular weight excluding hydrogens is 723 g/mol. The van der Waals surface area contributed by atoms with Crippen LogP contribution >= 0.6 is 11.3 Å². The van der Waals surface area contributed by atoms with E-state index in [1.165, 1.54) is 0 Å². The summed E-state index contributed by atoms with van der Waals surface area (Å²) in [6.07, 6.45) is 0. The number of furan rings is 2. The molecule has 12 aromatic rings. The number of hydrogen-bond donors (Lipinski definition) is 0.